The lowest BCUT2D eigenvalue weighted by Crippen LogP contribution is -2.43. The van der Waals surface area contributed by atoms with E-state index < -0.39 is 0 Å². The van der Waals surface area contributed by atoms with E-state index >= 15 is 0 Å². The van der Waals surface area contributed by atoms with Crippen molar-refractivity contribution in [2.45, 2.75) is 38.6 Å². The molecule has 4 nitrogen and oxygen atoms in total. The zero-order chi connectivity index (χ0) is 14.7. The Kier molecular flexibility index (Phi) is 4.44. The van der Waals surface area contributed by atoms with E-state index in [1.54, 1.807) is 0 Å². The zero-order valence-corrected chi connectivity index (χ0v) is 12.6. The minimum absolute atomic E-state index is 0.137. The molecule has 0 unspecified atom stereocenters. The van der Waals surface area contributed by atoms with E-state index in [2.05, 4.69) is 6.92 Å². The van der Waals surface area contributed by atoms with Crippen molar-refractivity contribution in [1.29, 1.82) is 0 Å². The molecule has 0 N–H and O–H groups in total. The molecule has 1 saturated heterocycles. The van der Waals surface area contributed by atoms with E-state index in [0.717, 1.165) is 68.9 Å². The van der Waals surface area contributed by atoms with E-state index in [1.165, 1.54) is 0 Å². The maximum atomic E-state index is 12.8. The van der Waals surface area contributed by atoms with Gasteiger partial charge in [0.05, 0.1) is 6.61 Å². The summed E-state index contributed by atoms with van der Waals surface area (Å²) in [6.45, 7) is 5.09. The van der Waals surface area contributed by atoms with Gasteiger partial charge in [0.25, 0.3) is 5.91 Å². The van der Waals surface area contributed by atoms with Crippen LogP contribution in [0.2, 0.25) is 0 Å². The molecule has 0 saturated carbocycles. The van der Waals surface area contributed by atoms with Crippen molar-refractivity contribution in [3.8, 4) is 5.75 Å². The maximum Gasteiger partial charge on any atom is 0.254 e. The minimum Gasteiger partial charge on any atom is -0.493 e. The van der Waals surface area contributed by atoms with Gasteiger partial charge in [-0.2, -0.15) is 0 Å². The van der Waals surface area contributed by atoms with Crippen molar-refractivity contribution in [2.24, 2.45) is 0 Å². The topological polar surface area (TPSA) is 38.8 Å². The number of aryl methyl sites for hydroxylation is 1. The normalized spacial score (nSPS) is 18.7. The van der Waals surface area contributed by atoms with Crippen LogP contribution < -0.4 is 4.74 Å². The molecule has 2 heterocycles. The van der Waals surface area contributed by atoms with E-state index in [1.807, 2.05) is 23.1 Å². The summed E-state index contributed by atoms with van der Waals surface area (Å²) < 4.78 is 11.0. The van der Waals surface area contributed by atoms with Crippen molar-refractivity contribution >= 4 is 5.91 Å². The van der Waals surface area contributed by atoms with Crippen molar-refractivity contribution in [1.82, 2.24) is 4.90 Å². The summed E-state index contributed by atoms with van der Waals surface area (Å²) in [7, 11) is 0. The number of amides is 1. The SMILES string of the molecule is CCN(C(=O)c1ccc2c(c1)CCCO2)C1CCOCC1. The van der Waals surface area contributed by atoms with Crippen LogP contribution in [-0.4, -0.2) is 43.2 Å². The van der Waals surface area contributed by atoms with Crippen LogP contribution in [0.1, 0.15) is 42.1 Å². The summed E-state index contributed by atoms with van der Waals surface area (Å²) >= 11 is 0. The monoisotopic (exact) mass is 289 g/mol. The maximum absolute atomic E-state index is 12.8. The number of hydrogen-bond acceptors (Lipinski definition) is 3. The minimum atomic E-state index is 0.137. The third-order valence-corrected chi connectivity index (χ3v) is 4.39. The van der Waals surface area contributed by atoms with E-state index in [-0.39, 0.29) is 5.91 Å². The first kappa shape index (κ1) is 14.4. The highest BCUT2D eigenvalue weighted by Gasteiger charge is 2.26. The third-order valence-electron chi connectivity index (χ3n) is 4.39. The summed E-state index contributed by atoms with van der Waals surface area (Å²) in [6.07, 6.45) is 3.91. The summed E-state index contributed by atoms with van der Waals surface area (Å²) in [4.78, 5) is 14.8. The number of benzene rings is 1. The van der Waals surface area contributed by atoms with Gasteiger partial charge >= 0.3 is 0 Å². The van der Waals surface area contributed by atoms with Gasteiger partial charge < -0.3 is 14.4 Å². The number of ether oxygens (including phenoxy) is 2. The Balaban J connectivity index is 1.79. The van der Waals surface area contributed by atoms with Crippen LogP contribution in [0.15, 0.2) is 18.2 Å². The van der Waals surface area contributed by atoms with Gasteiger partial charge in [-0.1, -0.05) is 0 Å². The largest absolute Gasteiger partial charge is 0.493 e. The highest BCUT2D eigenvalue weighted by Crippen LogP contribution is 2.27. The second kappa shape index (κ2) is 6.48. The number of nitrogens with zero attached hydrogens (tertiary/aromatic N) is 1. The molecule has 2 aliphatic rings. The van der Waals surface area contributed by atoms with Gasteiger partial charge in [-0.3, -0.25) is 4.79 Å². The second-order valence-corrected chi connectivity index (χ2v) is 5.71. The molecule has 0 radical (unpaired) electrons. The van der Waals surface area contributed by atoms with Gasteiger partial charge in [-0.25, -0.2) is 0 Å². The first-order chi connectivity index (χ1) is 10.3. The van der Waals surface area contributed by atoms with Crippen LogP contribution in [0.5, 0.6) is 5.75 Å². The van der Waals surface area contributed by atoms with Crippen molar-refractivity contribution in [3.63, 3.8) is 0 Å². The summed E-state index contributed by atoms with van der Waals surface area (Å²) in [5.41, 5.74) is 1.95. The molecule has 2 aliphatic heterocycles. The molecule has 4 heteroatoms. The fraction of sp³-hybridized carbons (Fsp3) is 0.588. The summed E-state index contributed by atoms with van der Waals surface area (Å²) in [6, 6.07) is 6.16. The Labute approximate surface area is 126 Å². The molecule has 0 spiro atoms. The van der Waals surface area contributed by atoms with Gasteiger partial charge in [-0.05, 0) is 56.4 Å². The lowest BCUT2D eigenvalue weighted by Gasteiger charge is -2.33. The number of fused-ring (bicyclic) bond motifs is 1. The Morgan fingerprint density at radius 2 is 2.10 bits per heavy atom. The Morgan fingerprint density at radius 3 is 2.86 bits per heavy atom. The summed E-state index contributed by atoms with van der Waals surface area (Å²) in [5, 5.41) is 0. The number of carbonyl (C=O) groups is 1. The van der Waals surface area contributed by atoms with Gasteiger partial charge in [-0.15, -0.1) is 0 Å². The molecule has 1 aromatic rings. The van der Waals surface area contributed by atoms with Crippen molar-refractivity contribution in [2.75, 3.05) is 26.4 Å². The molecule has 0 aliphatic carbocycles. The van der Waals surface area contributed by atoms with Crippen LogP contribution in [-0.2, 0) is 11.2 Å². The molecular formula is C17H23NO3. The van der Waals surface area contributed by atoms with Gasteiger partial charge in [0.15, 0.2) is 0 Å². The average molecular weight is 289 g/mol. The molecule has 1 amide bonds. The molecule has 1 fully saturated rings. The van der Waals surface area contributed by atoms with Crippen molar-refractivity contribution < 1.29 is 14.3 Å². The first-order valence-corrected chi connectivity index (χ1v) is 7.94. The summed E-state index contributed by atoms with van der Waals surface area (Å²) in [5.74, 6) is 1.07. The van der Waals surface area contributed by atoms with Crippen LogP contribution in [0.4, 0.5) is 0 Å². The molecule has 0 atom stereocenters. The number of rotatable bonds is 3. The van der Waals surface area contributed by atoms with Crippen LogP contribution in [0.3, 0.4) is 0 Å². The first-order valence-electron chi connectivity index (χ1n) is 7.94. The lowest BCUT2D eigenvalue weighted by molar-refractivity contribution is 0.0305. The molecule has 0 aromatic heterocycles. The smallest absolute Gasteiger partial charge is 0.254 e. The third kappa shape index (κ3) is 3.05. The van der Waals surface area contributed by atoms with Crippen LogP contribution in [0, 0.1) is 0 Å². The Bertz CT molecular complexity index is 509. The van der Waals surface area contributed by atoms with Crippen LogP contribution >= 0.6 is 0 Å². The number of carbonyl (C=O) groups excluding carboxylic acids is 1. The quantitative estimate of drug-likeness (QED) is 0.858. The van der Waals surface area contributed by atoms with E-state index in [0.29, 0.717) is 6.04 Å². The van der Waals surface area contributed by atoms with Gasteiger partial charge in [0.2, 0.25) is 0 Å². The fourth-order valence-corrected chi connectivity index (χ4v) is 3.22. The Hall–Kier alpha value is -1.55. The fourth-order valence-electron chi connectivity index (χ4n) is 3.22. The number of hydrogen-bond donors (Lipinski definition) is 0. The molecular weight excluding hydrogens is 266 g/mol. The predicted molar refractivity (Wildman–Crippen MR) is 80.8 cm³/mol. The predicted octanol–water partition coefficient (Wildman–Crippen LogP) is 2.65. The molecule has 0 bridgehead atoms. The highest BCUT2D eigenvalue weighted by atomic mass is 16.5. The van der Waals surface area contributed by atoms with Gasteiger partial charge in [0.1, 0.15) is 5.75 Å². The van der Waals surface area contributed by atoms with Crippen molar-refractivity contribution in [3.05, 3.63) is 29.3 Å². The molecule has 3 rings (SSSR count). The van der Waals surface area contributed by atoms with Crippen LogP contribution in [0.25, 0.3) is 0 Å². The standard InChI is InChI=1S/C17H23NO3/c1-2-18(15-7-10-20-11-8-15)17(19)14-5-6-16-13(12-14)4-3-9-21-16/h5-6,12,15H,2-4,7-11H2,1H3. The average Bonchev–Trinajstić information content (AvgIpc) is 2.56. The molecule has 1 aromatic carbocycles. The Morgan fingerprint density at radius 1 is 1.29 bits per heavy atom. The van der Waals surface area contributed by atoms with E-state index in [9.17, 15) is 4.79 Å². The van der Waals surface area contributed by atoms with Gasteiger partial charge in [0, 0.05) is 31.4 Å². The molecule has 21 heavy (non-hydrogen) atoms. The lowest BCUT2D eigenvalue weighted by atomic mass is 10.0. The van der Waals surface area contributed by atoms with E-state index in [4.69, 9.17) is 9.47 Å². The zero-order valence-electron chi connectivity index (χ0n) is 12.6. The molecule has 114 valence electrons. The highest BCUT2D eigenvalue weighted by molar-refractivity contribution is 5.94. The second-order valence-electron chi connectivity index (χ2n) is 5.71.